The van der Waals surface area contributed by atoms with Gasteiger partial charge in [-0.25, -0.2) is 8.42 Å². The van der Waals surface area contributed by atoms with Crippen molar-refractivity contribution in [3.05, 3.63) is 53.0 Å². The molecule has 0 atom stereocenters. The Morgan fingerprint density at radius 1 is 1.14 bits per heavy atom. The highest BCUT2D eigenvalue weighted by atomic mass is 32.2. The summed E-state index contributed by atoms with van der Waals surface area (Å²) >= 11 is 1.36. The van der Waals surface area contributed by atoms with Crippen molar-refractivity contribution in [3.63, 3.8) is 0 Å². The average molecular weight is 334 g/mol. The lowest BCUT2D eigenvalue weighted by molar-refractivity contribution is 0.433. The molecule has 0 fully saturated rings. The van der Waals surface area contributed by atoms with Crippen LogP contribution in [0.4, 0.5) is 5.69 Å². The molecular formula is C15H14N2O3S2. The SMILES string of the molecule is Cc1ccc(NS(=O)(=O)c2cc(-c3ccno3)sc2C)cc1. The molecule has 114 valence electrons. The Balaban J connectivity index is 1.94. The molecule has 0 saturated heterocycles. The van der Waals surface area contributed by atoms with E-state index >= 15 is 0 Å². The molecule has 0 amide bonds. The van der Waals surface area contributed by atoms with E-state index in [1.807, 2.05) is 19.1 Å². The van der Waals surface area contributed by atoms with Gasteiger partial charge < -0.3 is 4.52 Å². The molecule has 3 rings (SSSR count). The molecule has 7 heteroatoms. The molecule has 3 aromatic rings. The first-order chi connectivity index (χ1) is 10.5. The van der Waals surface area contributed by atoms with Crippen molar-refractivity contribution in [2.75, 3.05) is 4.72 Å². The van der Waals surface area contributed by atoms with Crippen molar-refractivity contribution in [1.82, 2.24) is 5.16 Å². The fraction of sp³-hybridized carbons (Fsp3) is 0.133. The molecule has 1 aromatic carbocycles. The number of aromatic nitrogens is 1. The number of hydrogen-bond acceptors (Lipinski definition) is 5. The molecule has 0 spiro atoms. The monoisotopic (exact) mass is 334 g/mol. The van der Waals surface area contributed by atoms with E-state index < -0.39 is 10.0 Å². The quantitative estimate of drug-likeness (QED) is 0.787. The van der Waals surface area contributed by atoms with Crippen molar-refractivity contribution >= 4 is 27.0 Å². The van der Waals surface area contributed by atoms with Crippen molar-refractivity contribution < 1.29 is 12.9 Å². The summed E-state index contributed by atoms with van der Waals surface area (Å²) in [5.74, 6) is 0.560. The zero-order chi connectivity index (χ0) is 15.7. The van der Waals surface area contributed by atoms with Gasteiger partial charge in [0, 0.05) is 16.6 Å². The molecular weight excluding hydrogens is 320 g/mol. The number of thiophene rings is 1. The van der Waals surface area contributed by atoms with Crippen LogP contribution >= 0.6 is 11.3 Å². The standard InChI is InChI=1S/C15H14N2O3S2/c1-10-3-5-12(6-4-10)17-22(18,19)15-9-14(21-11(15)2)13-7-8-16-20-13/h3-9,17H,1-2H3. The smallest absolute Gasteiger partial charge is 0.263 e. The fourth-order valence-electron chi connectivity index (χ4n) is 2.03. The van der Waals surface area contributed by atoms with Crippen LogP contribution in [0.15, 0.2) is 52.0 Å². The normalized spacial score (nSPS) is 11.5. The zero-order valence-electron chi connectivity index (χ0n) is 12.0. The molecule has 0 radical (unpaired) electrons. The predicted molar refractivity (Wildman–Crippen MR) is 86.5 cm³/mol. The number of hydrogen-bond donors (Lipinski definition) is 1. The summed E-state index contributed by atoms with van der Waals surface area (Å²) in [5, 5.41) is 3.64. The second-order valence-electron chi connectivity index (χ2n) is 4.88. The number of nitrogens with zero attached hydrogens (tertiary/aromatic N) is 1. The number of benzene rings is 1. The van der Waals surface area contributed by atoms with Crippen LogP contribution in [0.3, 0.4) is 0 Å². The molecule has 0 unspecified atom stereocenters. The van der Waals surface area contributed by atoms with Crippen LogP contribution in [0.1, 0.15) is 10.4 Å². The lowest BCUT2D eigenvalue weighted by Gasteiger charge is -2.07. The van der Waals surface area contributed by atoms with E-state index in [9.17, 15) is 8.42 Å². The topological polar surface area (TPSA) is 72.2 Å². The molecule has 2 aromatic heterocycles. The number of aryl methyl sites for hydroxylation is 2. The van der Waals surface area contributed by atoms with Gasteiger partial charge in [-0.15, -0.1) is 11.3 Å². The average Bonchev–Trinajstić information content (AvgIpc) is 3.10. The van der Waals surface area contributed by atoms with Crippen LogP contribution in [0.5, 0.6) is 0 Å². The van der Waals surface area contributed by atoms with Gasteiger partial charge in [0.05, 0.1) is 11.1 Å². The zero-order valence-corrected chi connectivity index (χ0v) is 13.7. The van der Waals surface area contributed by atoms with Gasteiger partial charge in [0.1, 0.15) is 4.90 Å². The predicted octanol–water partition coefficient (Wildman–Crippen LogP) is 3.82. The molecule has 1 N–H and O–H groups in total. The first-order valence-electron chi connectivity index (χ1n) is 6.57. The molecule has 0 bridgehead atoms. The van der Waals surface area contributed by atoms with E-state index in [4.69, 9.17) is 4.52 Å². The second-order valence-corrected chi connectivity index (χ2v) is 7.79. The molecule has 0 aliphatic heterocycles. The summed E-state index contributed by atoms with van der Waals surface area (Å²) in [7, 11) is -3.63. The molecule has 0 aliphatic carbocycles. The first kappa shape index (κ1) is 14.8. The van der Waals surface area contributed by atoms with Crippen molar-refractivity contribution in [2.24, 2.45) is 0 Å². The number of rotatable bonds is 4. The maximum Gasteiger partial charge on any atom is 0.263 e. The number of sulfonamides is 1. The van der Waals surface area contributed by atoms with Crippen molar-refractivity contribution in [3.8, 4) is 10.6 Å². The minimum atomic E-state index is -3.63. The van der Waals surface area contributed by atoms with E-state index in [0.717, 1.165) is 10.4 Å². The summed E-state index contributed by atoms with van der Waals surface area (Å²) < 4.78 is 32.8. The highest BCUT2D eigenvalue weighted by molar-refractivity contribution is 7.93. The summed E-state index contributed by atoms with van der Waals surface area (Å²) in [6.07, 6.45) is 1.53. The maximum absolute atomic E-state index is 12.5. The first-order valence-corrected chi connectivity index (χ1v) is 8.87. The summed E-state index contributed by atoms with van der Waals surface area (Å²) in [6.45, 7) is 3.72. The molecule has 5 nitrogen and oxygen atoms in total. The van der Waals surface area contributed by atoms with Crippen LogP contribution in [-0.4, -0.2) is 13.6 Å². The van der Waals surface area contributed by atoms with Gasteiger partial charge in [0.25, 0.3) is 10.0 Å². The highest BCUT2D eigenvalue weighted by Crippen LogP contribution is 2.34. The third-order valence-electron chi connectivity index (χ3n) is 3.15. The Hall–Kier alpha value is -2.12. The Bertz CT molecular complexity index is 880. The van der Waals surface area contributed by atoms with Crippen molar-refractivity contribution in [1.29, 1.82) is 0 Å². The maximum atomic E-state index is 12.5. The molecule has 0 aliphatic rings. The number of anilines is 1. The van der Waals surface area contributed by atoms with E-state index in [2.05, 4.69) is 9.88 Å². The lowest BCUT2D eigenvalue weighted by Crippen LogP contribution is -2.13. The van der Waals surface area contributed by atoms with Gasteiger partial charge >= 0.3 is 0 Å². The lowest BCUT2D eigenvalue weighted by atomic mass is 10.2. The summed E-state index contributed by atoms with van der Waals surface area (Å²) in [5.41, 5.74) is 1.61. The van der Waals surface area contributed by atoms with E-state index in [1.54, 1.807) is 31.2 Å². The van der Waals surface area contributed by atoms with Crippen LogP contribution in [0, 0.1) is 13.8 Å². The van der Waals surface area contributed by atoms with Crippen LogP contribution < -0.4 is 4.72 Å². The fourth-order valence-corrected chi connectivity index (χ4v) is 4.64. The third kappa shape index (κ3) is 2.90. The third-order valence-corrected chi connectivity index (χ3v) is 5.85. The minimum absolute atomic E-state index is 0.254. The van der Waals surface area contributed by atoms with Gasteiger partial charge in [-0.2, -0.15) is 0 Å². The number of nitrogens with one attached hydrogen (secondary N) is 1. The summed E-state index contributed by atoms with van der Waals surface area (Å²) in [4.78, 5) is 1.69. The Morgan fingerprint density at radius 3 is 2.50 bits per heavy atom. The van der Waals surface area contributed by atoms with Gasteiger partial charge in [-0.05, 0) is 32.0 Å². The van der Waals surface area contributed by atoms with Crippen LogP contribution in [0.2, 0.25) is 0 Å². The molecule has 22 heavy (non-hydrogen) atoms. The van der Waals surface area contributed by atoms with Crippen molar-refractivity contribution in [2.45, 2.75) is 18.7 Å². The van der Waals surface area contributed by atoms with Crippen LogP contribution in [-0.2, 0) is 10.0 Å². The Labute approximate surface area is 132 Å². The largest absolute Gasteiger partial charge is 0.355 e. The second kappa shape index (κ2) is 5.58. The van der Waals surface area contributed by atoms with Gasteiger partial charge in [0.15, 0.2) is 5.76 Å². The Morgan fingerprint density at radius 2 is 1.86 bits per heavy atom. The molecule has 2 heterocycles. The van der Waals surface area contributed by atoms with Crippen LogP contribution in [0.25, 0.3) is 10.6 Å². The van der Waals surface area contributed by atoms with Gasteiger partial charge in [-0.1, -0.05) is 22.9 Å². The minimum Gasteiger partial charge on any atom is -0.355 e. The Kier molecular flexibility index (Phi) is 3.76. The highest BCUT2D eigenvalue weighted by Gasteiger charge is 2.21. The van der Waals surface area contributed by atoms with E-state index in [0.29, 0.717) is 16.3 Å². The summed E-state index contributed by atoms with van der Waals surface area (Å²) in [6, 6.07) is 10.5. The van der Waals surface area contributed by atoms with Gasteiger partial charge in [0.2, 0.25) is 0 Å². The van der Waals surface area contributed by atoms with E-state index in [1.165, 1.54) is 17.5 Å². The van der Waals surface area contributed by atoms with Gasteiger partial charge in [-0.3, -0.25) is 4.72 Å². The van der Waals surface area contributed by atoms with E-state index in [-0.39, 0.29) is 4.90 Å². The molecule has 0 saturated carbocycles.